The fraction of sp³-hybridized carbons (Fsp3) is 0.500. The molecule has 1 N–H and O–H groups in total. The van der Waals surface area contributed by atoms with Crippen LogP contribution in [0.25, 0.3) is 6.08 Å². The predicted molar refractivity (Wildman–Crippen MR) is 121 cm³/mol. The van der Waals surface area contributed by atoms with Crippen LogP contribution in [0, 0.1) is 5.92 Å². The smallest absolute Gasteiger partial charge is 0.257 e. The van der Waals surface area contributed by atoms with Crippen molar-refractivity contribution in [3.8, 4) is 11.5 Å². The molecule has 2 aromatic rings. The normalized spacial score (nSPS) is 21.0. The van der Waals surface area contributed by atoms with Crippen molar-refractivity contribution in [3.63, 3.8) is 0 Å². The highest BCUT2D eigenvalue weighted by molar-refractivity contribution is 5.64. The van der Waals surface area contributed by atoms with Crippen molar-refractivity contribution in [1.29, 1.82) is 0 Å². The van der Waals surface area contributed by atoms with Gasteiger partial charge >= 0.3 is 0 Å². The van der Waals surface area contributed by atoms with Gasteiger partial charge in [0.15, 0.2) is 0 Å². The molecule has 31 heavy (non-hydrogen) atoms. The van der Waals surface area contributed by atoms with Gasteiger partial charge in [0.25, 0.3) is 5.56 Å². The maximum Gasteiger partial charge on any atom is 0.257 e. The Morgan fingerprint density at radius 1 is 1.32 bits per heavy atom. The maximum absolute atomic E-state index is 12.9. The lowest BCUT2D eigenvalue weighted by molar-refractivity contribution is 0.254. The van der Waals surface area contributed by atoms with Gasteiger partial charge in [0.1, 0.15) is 18.1 Å². The van der Waals surface area contributed by atoms with Gasteiger partial charge in [0.05, 0.1) is 18.4 Å². The molecule has 0 unspecified atom stereocenters. The van der Waals surface area contributed by atoms with E-state index in [4.69, 9.17) is 14.5 Å². The van der Waals surface area contributed by atoms with Crippen LogP contribution in [0.1, 0.15) is 36.6 Å². The predicted octanol–water partition coefficient (Wildman–Crippen LogP) is 2.85. The number of ether oxygens (including phenoxy) is 2. The Morgan fingerprint density at radius 3 is 3.06 bits per heavy atom. The Labute approximate surface area is 182 Å². The summed E-state index contributed by atoms with van der Waals surface area (Å²) >= 11 is 0. The molecule has 0 aliphatic carbocycles. The first-order valence-electron chi connectivity index (χ1n) is 11.2. The third-order valence-electron chi connectivity index (χ3n) is 6.51. The van der Waals surface area contributed by atoms with Gasteiger partial charge in [0, 0.05) is 44.7 Å². The van der Waals surface area contributed by atoms with Crippen molar-refractivity contribution in [2.24, 2.45) is 5.92 Å². The van der Waals surface area contributed by atoms with E-state index >= 15 is 0 Å². The summed E-state index contributed by atoms with van der Waals surface area (Å²) in [6.45, 7) is 7.06. The number of hydrogen-bond donors (Lipinski definition) is 1. The standard InChI is InChI=1S/C24H30N4O3/c1-16-4-3-8-28(12-16)24-25-21-7-9-27(14-20(21)23(29)26-24)13-17-10-18-11-19(30-2)5-6-22(18)31-15-17/h5-6,10-11,16H,3-4,7-9,12-15H2,1-2H3,(H,25,26,29)/t16-/m0/s1. The molecule has 5 rings (SSSR count). The number of methoxy groups -OCH3 is 1. The molecule has 164 valence electrons. The van der Waals surface area contributed by atoms with E-state index < -0.39 is 0 Å². The summed E-state index contributed by atoms with van der Waals surface area (Å²) in [6, 6.07) is 5.86. The van der Waals surface area contributed by atoms with E-state index in [2.05, 4.69) is 27.8 Å². The molecule has 1 fully saturated rings. The van der Waals surface area contributed by atoms with E-state index in [-0.39, 0.29) is 5.56 Å². The average molecular weight is 423 g/mol. The van der Waals surface area contributed by atoms with Crippen LogP contribution in [0.15, 0.2) is 28.6 Å². The van der Waals surface area contributed by atoms with E-state index in [0.29, 0.717) is 19.1 Å². The molecule has 7 nitrogen and oxygen atoms in total. The van der Waals surface area contributed by atoms with Crippen LogP contribution in [0.4, 0.5) is 5.95 Å². The number of benzene rings is 1. The molecule has 1 aromatic heterocycles. The fourth-order valence-electron chi connectivity index (χ4n) is 4.84. The molecule has 7 heteroatoms. The lowest BCUT2D eigenvalue weighted by atomic mass is 10.0. The number of aromatic nitrogens is 2. The second kappa shape index (κ2) is 8.38. The molecule has 3 aliphatic heterocycles. The van der Waals surface area contributed by atoms with Crippen LogP contribution in [0.5, 0.6) is 11.5 Å². The molecule has 0 amide bonds. The van der Waals surface area contributed by atoms with Crippen molar-refractivity contribution in [3.05, 3.63) is 50.9 Å². The number of nitrogens with one attached hydrogen (secondary N) is 1. The summed E-state index contributed by atoms with van der Waals surface area (Å²) in [5.74, 6) is 3.09. The SMILES string of the molecule is COc1ccc2c(c1)C=C(CN1CCc3nc(N4CCC[C@H](C)C4)[nH]c(=O)c3C1)CO2. The Balaban J connectivity index is 1.31. The zero-order valence-electron chi connectivity index (χ0n) is 18.3. The topological polar surface area (TPSA) is 70.7 Å². The summed E-state index contributed by atoms with van der Waals surface area (Å²) in [7, 11) is 1.67. The van der Waals surface area contributed by atoms with Crippen molar-refractivity contribution in [2.45, 2.75) is 32.7 Å². The Morgan fingerprint density at radius 2 is 2.23 bits per heavy atom. The molecule has 1 saturated heterocycles. The molecule has 0 bridgehead atoms. The number of anilines is 1. The number of nitrogens with zero attached hydrogens (tertiary/aromatic N) is 3. The maximum atomic E-state index is 12.9. The molecule has 0 radical (unpaired) electrons. The second-order valence-corrected chi connectivity index (χ2v) is 8.96. The lowest BCUT2D eigenvalue weighted by Crippen LogP contribution is -2.40. The molecule has 0 spiro atoms. The first kappa shape index (κ1) is 20.1. The van der Waals surface area contributed by atoms with Crippen LogP contribution < -0.4 is 19.9 Å². The lowest BCUT2D eigenvalue weighted by Gasteiger charge is -2.33. The first-order valence-corrected chi connectivity index (χ1v) is 11.2. The highest BCUT2D eigenvalue weighted by Gasteiger charge is 2.25. The average Bonchev–Trinajstić information content (AvgIpc) is 2.79. The van der Waals surface area contributed by atoms with Crippen LogP contribution in [-0.4, -0.2) is 54.8 Å². The fourth-order valence-corrected chi connectivity index (χ4v) is 4.84. The van der Waals surface area contributed by atoms with Gasteiger partial charge in [-0.05, 0) is 48.6 Å². The van der Waals surface area contributed by atoms with E-state index in [0.717, 1.165) is 73.3 Å². The molecular weight excluding hydrogens is 392 g/mol. The second-order valence-electron chi connectivity index (χ2n) is 8.96. The van der Waals surface area contributed by atoms with E-state index in [1.165, 1.54) is 12.0 Å². The minimum Gasteiger partial charge on any atom is -0.497 e. The summed E-state index contributed by atoms with van der Waals surface area (Å²) in [5.41, 5.74) is 4.01. The van der Waals surface area contributed by atoms with Gasteiger partial charge in [-0.3, -0.25) is 14.7 Å². The number of aromatic amines is 1. The quantitative estimate of drug-likeness (QED) is 0.817. The van der Waals surface area contributed by atoms with Crippen LogP contribution in [0.3, 0.4) is 0 Å². The van der Waals surface area contributed by atoms with Gasteiger partial charge in [-0.1, -0.05) is 6.92 Å². The van der Waals surface area contributed by atoms with Gasteiger partial charge in [0.2, 0.25) is 5.95 Å². The molecule has 0 saturated carbocycles. The monoisotopic (exact) mass is 422 g/mol. The number of hydrogen-bond acceptors (Lipinski definition) is 6. The summed E-state index contributed by atoms with van der Waals surface area (Å²) in [5, 5.41) is 0. The minimum absolute atomic E-state index is 0.00637. The summed E-state index contributed by atoms with van der Waals surface area (Å²) < 4.78 is 11.3. The number of rotatable bonds is 4. The number of H-pyrrole nitrogens is 1. The zero-order chi connectivity index (χ0) is 21.4. The van der Waals surface area contributed by atoms with Crippen molar-refractivity contribution >= 4 is 12.0 Å². The van der Waals surface area contributed by atoms with Crippen molar-refractivity contribution in [2.75, 3.05) is 44.8 Å². The van der Waals surface area contributed by atoms with Crippen LogP contribution in [-0.2, 0) is 13.0 Å². The van der Waals surface area contributed by atoms with Crippen LogP contribution >= 0.6 is 0 Å². The molecule has 1 atom stereocenters. The van der Waals surface area contributed by atoms with Gasteiger partial charge in [-0.15, -0.1) is 0 Å². The van der Waals surface area contributed by atoms with E-state index in [9.17, 15) is 4.79 Å². The Bertz CT molecular complexity index is 1060. The molecule has 1 aromatic carbocycles. The third kappa shape index (κ3) is 4.19. The highest BCUT2D eigenvalue weighted by atomic mass is 16.5. The summed E-state index contributed by atoms with van der Waals surface area (Å²) in [4.78, 5) is 25.3. The van der Waals surface area contributed by atoms with E-state index in [1.807, 2.05) is 18.2 Å². The van der Waals surface area contributed by atoms with Crippen molar-refractivity contribution in [1.82, 2.24) is 14.9 Å². The van der Waals surface area contributed by atoms with Gasteiger partial charge in [-0.25, -0.2) is 4.98 Å². The number of fused-ring (bicyclic) bond motifs is 2. The minimum atomic E-state index is 0.00637. The molecular formula is C24H30N4O3. The number of piperidine rings is 1. The summed E-state index contributed by atoms with van der Waals surface area (Å²) in [6.07, 6.45) is 5.38. The molecule has 4 heterocycles. The van der Waals surface area contributed by atoms with Gasteiger partial charge < -0.3 is 14.4 Å². The Kier molecular flexibility index (Phi) is 5.44. The zero-order valence-corrected chi connectivity index (χ0v) is 18.3. The van der Waals surface area contributed by atoms with Crippen molar-refractivity contribution < 1.29 is 9.47 Å². The third-order valence-corrected chi connectivity index (χ3v) is 6.51. The van der Waals surface area contributed by atoms with Gasteiger partial charge in [-0.2, -0.15) is 0 Å². The van der Waals surface area contributed by atoms with Crippen LogP contribution in [0.2, 0.25) is 0 Å². The molecule has 3 aliphatic rings. The Hall–Kier alpha value is -2.80. The highest BCUT2D eigenvalue weighted by Crippen LogP contribution is 2.30. The first-order chi connectivity index (χ1) is 15.1. The van der Waals surface area contributed by atoms with E-state index in [1.54, 1.807) is 7.11 Å². The largest absolute Gasteiger partial charge is 0.497 e.